The van der Waals surface area contributed by atoms with Gasteiger partial charge >= 0.3 is 0 Å². The van der Waals surface area contributed by atoms with Crippen LogP contribution in [0.4, 0.5) is 5.69 Å². The Kier molecular flexibility index (Phi) is 5.01. The van der Waals surface area contributed by atoms with Crippen LogP contribution in [-0.2, 0) is 6.61 Å². The molecule has 0 saturated heterocycles. The lowest BCUT2D eigenvalue weighted by Crippen LogP contribution is -2.13. The fourth-order valence-electron chi connectivity index (χ4n) is 2.40. The predicted molar refractivity (Wildman–Crippen MR) is 100 cm³/mol. The summed E-state index contributed by atoms with van der Waals surface area (Å²) < 4.78 is 11.3. The Morgan fingerprint density at radius 2 is 1.82 bits per heavy atom. The van der Waals surface area contributed by atoms with E-state index in [1.165, 1.54) is 18.6 Å². The summed E-state index contributed by atoms with van der Waals surface area (Å²) >= 11 is 0. The molecule has 2 aromatic heterocycles. The molecule has 0 radical (unpaired) electrons. The van der Waals surface area contributed by atoms with Gasteiger partial charge in [0, 0.05) is 23.6 Å². The molecule has 0 atom stereocenters. The summed E-state index contributed by atoms with van der Waals surface area (Å²) in [7, 11) is 0. The molecule has 4 rings (SSSR count). The van der Waals surface area contributed by atoms with Crippen LogP contribution < -0.4 is 10.1 Å². The minimum atomic E-state index is -0.332. The maximum Gasteiger partial charge on any atom is 0.275 e. The molecule has 138 valence electrons. The third kappa shape index (κ3) is 4.18. The number of nitrogens with zero attached hydrogens (tertiary/aromatic N) is 4. The monoisotopic (exact) mass is 373 g/mol. The lowest BCUT2D eigenvalue weighted by atomic mass is 10.2. The van der Waals surface area contributed by atoms with Gasteiger partial charge in [0.25, 0.3) is 11.8 Å². The van der Waals surface area contributed by atoms with Gasteiger partial charge in [-0.15, -0.1) is 10.2 Å². The van der Waals surface area contributed by atoms with E-state index in [0.29, 0.717) is 23.2 Å². The minimum Gasteiger partial charge on any atom is -0.484 e. The Balaban J connectivity index is 1.34. The van der Waals surface area contributed by atoms with E-state index in [1.807, 2.05) is 30.3 Å². The summed E-state index contributed by atoms with van der Waals surface area (Å²) in [6.45, 7) is 0.144. The van der Waals surface area contributed by atoms with Crippen molar-refractivity contribution in [3.8, 4) is 17.2 Å². The van der Waals surface area contributed by atoms with Gasteiger partial charge in [-0.3, -0.25) is 9.78 Å². The highest BCUT2D eigenvalue weighted by Gasteiger charge is 2.10. The van der Waals surface area contributed by atoms with Crippen LogP contribution in [0.2, 0.25) is 0 Å². The molecule has 0 bridgehead atoms. The molecule has 0 aliphatic rings. The van der Waals surface area contributed by atoms with E-state index in [0.717, 1.165) is 5.56 Å². The van der Waals surface area contributed by atoms with Gasteiger partial charge in [0.05, 0.1) is 6.20 Å². The smallest absolute Gasteiger partial charge is 0.275 e. The van der Waals surface area contributed by atoms with E-state index in [-0.39, 0.29) is 18.2 Å². The first-order valence-corrected chi connectivity index (χ1v) is 8.46. The molecule has 8 nitrogen and oxygen atoms in total. The number of amides is 1. The normalized spacial score (nSPS) is 10.4. The van der Waals surface area contributed by atoms with Crippen molar-refractivity contribution in [3.63, 3.8) is 0 Å². The van der Waals surface area contributed by atoms with Crippen LogP contribution in [0, 0.1) is 0 Å². The van der Waals surface area contributed by atoms with Crippen LogP contribution in [0.1, 0.15) is 16.4 Å². The van der Waals surface area contributed by atoms with Gasteiger partial charge in [0.15, 0.2) is 6.61 Å². The first-order chi connectivity index (χ1) is 13.8. The number of aromatic nitrogens is 4. The molecule has 0 spiro atoms. The van der Waals surface area contributed by atoms with Crippen LogP contribution in [0.25, 0.3) is 11.5 Å². The molecule has 2 heterocycles. The molecule has 0 aliphatic carbocycles. The summed E-state index contributed by atoms with van der Waals surface area (Å²) in [6.07, 6.45) is 4.38. The summed E-state index contributed by atoms with van der Waals surface area (Å²) in [5.41, 5.74) is 1.71. The number of hydrogen-bond donors (Lipinski definition) is 1. The number of rotatable bonds is 6. The quantitative estimate of drug-likeness (QED) is 0.553. The lowest BCUT2D eigenvalue weighted by molar-refractivity contribution is 0.102. The van der Waals surface area contributed by atoms with E-state index >= 15 is 0 Å². The van der Waals surface area contributed by atoms with Gasteiger partial charge in [-0.05, 0) is 36.4 Å². The van der Waals surface area contributed by atoms with Crippen LogP contribution in [0.3, 0.4) is 0 Å². The molecule has 1 N–H and O–H groups in total. The van der Waals surface area contributed by atoms with Crippen molar-refractivity contribution in [2.45, 2.75) is 6.61 Å². The number of ether oxygens (including phenoxy) is 1. The van der Waals surface area contributed by atoms with Crippen LogP contribution in [0.15, 0.2) is 77.6 Å². The van der Waals surface area contributed by atoms with Crippen molar-refractivity contribution < 1.29 is 13.9 Å². The standard InChI is InChI=1S/C20H15N5O3/c26-19(17-12-21-10-11-22-17)23-15-6-8-16(9-7-15)27-13-18-24-25-20(28-18)14-4-2-1-3-5-14/h1-12H,13H2,(H,23,26). The Hall–Kier alpha value is -4.07. The Labute approximate surface area is 160 Å². The predicted octanol–water partition coefficient (Wildman–Crippen LogP) is 3.36. The number of hydrogen-bond acceptors (Lipinski definition) is 7. The largest absolute Gasteiger partial charge is 0.484 e. The van der Waals surface area contributed by atoms with E-state index in [1.54, 1.807) is 24.3 Å². The second-order valence-corrected chi connectivity index (χ2v) is 5.72. The van der Waals surface area contributed by atoms with Crippen LogP contribution in [0.5, 0.6) is 5.75 Å². The van der Waals surface area contributed by atoms with Gasteiger partial charge in [0.1, 0.15) is 11.4 Å². The molecule has 1 amide bonds. The molecule has 8 heteroatoms. The lowest BCUT2D eigenvalue weighted by Gasteiger charge is -2.06. The molecule has 0 unspecified atom stereocenters. The first-order valence-electron chi connectivity index (χ1n) is 8.46. The Morgan fingerprint density at radius 1 is 1.00 bits per heavy atom. The minimum absolute atomic E-state index is 0.144. The summed E-state index contributed by atoms with van der Waals surface area (Å²) in [4.78, 5) is 19.9. The zero-order valence-corrected chi connectivity index (χ0v) is 14.6. The molecular formula is C20H15N5O3. The maximum absolute atomic E-state index is 12.1. The Bertz CT molecular complexity index is 1050. The van der Waals surface area contributed by atoms with Gasteiger partial charge in [-0.2, -0.15) is 0 Å². The molecule has 0 fully saturated rings. The van der Waals surface area contributed by atoms with Gasteiger partial charge < -0.3 is 14.5 Å². The van der Waals surface area contributed by atoms with E-state index in [2.05, 4.69) is 25.5 Å². The Morgan fingerprint density at radius 3 is 2.57 bits per heavy atom. The van der Waals surface area contributed by atoms with E-state index in [9.17, 15) is 4.79 Å². The number of anilines is 1. The van der Waals surface area contributed by atoms with Crippen molar-refractivity contribution in [1.29, 1.82) is 0 Å². The molecule has 28 heavy (non-hydrogen) atoms. The highest BCUT2D eigenvalue weighted by molar-refractivity contribution is 6.02. The molecule has 2 aromatic carbocycles. The molecule has 0 saturated carbocycles. The summed E-state index contributed by atoms with van der Waals surface area (Å²) in [5, 5.41) is 10.7. The van der Waals surface area contributed by atoms with Gasteiger partial charge in [-0.25, -0.2) is 4.98 Å². The van der Waals surface area contributed by atoms with Gasteiger partial charge in [0.2, 0.25) is 5.89 Å². The van der Waals surface area contributed by atoms with Crippen LogP contribution in [-0.4, -0.2) is 26.1 Å². The fraction of sp³-hybridized carbons (Fsp3) is 0.0500. The average Bonchev–Trinajstić information content (AvgIpc) is 3.24. The zero-order chi connectivity index (χ0) is 19.2. The SMILES string of the molecule is O=C(Nc1ccc(OCc2nnc(-c3ccccc3)o2)cc1)c1cnccn1. The van der Waals surface area contributed by atoms with Crippen molar-refractivity contribution in [3.05, 3.63) is 84.8 Å². The van der Waals surface area contributed by atoms with E-state index < -0.39 is 0 Å². The summed E-state index contributed by atoms with van der Waals surface area (Å²) in [5.74, 6) is 1.10. The highest BCUT2D eigenvalue weighted by atomic mass is 16.5. The maximum atomic E-state index is 12.1. The van der Waals surface area contributed by atoms with Crippen molar-refractivity contribution >= 4 is 11.6 Å². The topological polar surface area (TPSA) is 103 Å². The third-order valence-corrected chi connectivity index (χ3v) is 3.76. The van der Waals surface area contributed by atoms with Crippen molar-refractivity contribution in [2.24, 2.45) is 0 Å². The first kappa shape index (κ1) is 17.3. The van der Waals surface area contributed by atoms with Gasteiger partial charge in [-0.1, -0.05) is 18.2 Å². The van der Waals surface area contributed by atoms with Crippen molar-refractivity contribution in [2.75, 3.05) is 5.32 Å². The summed E-state index contributed by atoms with van der Waals surface area (Å²) in [6, 6.07) is 16.4. The molecule has 0 aliphatic heterocycles. The van der Waals surface area contributed by atoms with Crippen molar-refractivity contribution in [1.82, 2.24) is 20.2 Å². The second-order valence-electron chi connectivity index (χ2n) is 5.72. The third-order valence-electron chi connectivity index (χ3n) is 3.76. The average molecular weight is 373 g/mol. The number of benzene rings is 2. The number of nitrogens with one attached hydrogen (secondary N) is 1. The number of carbonyl (C=O) groups excluding carboxylic acids is 1. The zero-order valence-electron chi connectivity index (χ0n) is 14.6. The van der Waals surface area contributed by atoms with E-state index in [4.69, 9.17) is 9.15 Å². The van der Waals surface area contributed by atoms with Crippen LogP contribution >= 0.6 is 0 Å². The molecular weight excluding hydrogens is 358 g/mol. The molecule has 4 aromatic rings. The number of carbonyl (C=O) groups is 1. The second kappa shape index (κ2) is 8.09. The highest BCUT2D eigenvalue weighted by Crippen LogP contribution is 2.20. The fourth-order valence-corrected chi connectivity index (χ4v) is 2.40.